The molecule has 2 aromatic rings. The molecule has 0 bridgehead atoms. The van der Waals surface area contributed by atoms with Crippen LogP contribution in [0.25, 0.3) is 0 Å². The topological polar surface area (TPSA) is 102 Å². The summed E-state index contributed by atoms with van der Waals surface area (Å²) in [6.45, 7) is 2.10. The molecule has 1 saturated heterocycles. The highest BCUT2D eigenvalue weighted by Crippen LogP contribution is 2.22. The zero-order chi connectivity index (χ0) is 19.4. The maximum absolute atomic E-state index is 12.3. The zero-order valence-electron chi connectivity index (χ0n) is 15.1. The van der Waals surface area contributed by atoms with Gasteiger partial charge in [0.05, 0.1) is 11.0 Å². The second kappa shape index (κ2) is 8.08. The standard InChI is InChI=1S/C19H23N3O4S/c1-26-17-10-11-22(13-17)16-6-4-15(5-7-16)19(23)21-12-14-2-8-18(9-3-14)27(20,24)25/h2-9,17H,10-13H2,1H3,(H,21,23)(H2,20,24,25)/t17-/m1/s1. The van der Waals surface area contributed by atoms with Gasteiger partial charge in [0.2, 0.25) is 10.0 Å². The molecule has 0 unspecified atom stereocenters. The quantitative estimate of drug-likeness (QED) is 0.779. The lowest BCUT2D eigenvalue weighted by Gasteiger charge is -2.18. The van der Waals surface area contributed by atoms with Crippen LogP contribution in [-0.4, -0.2) is 40.6 Å². The number of methoxy groups -OCH3 is 1. The molecule has 1 aliphatic heterocycles. The molecule has 0 aliphatic carbocycles. The predicted molar refractivity (Wildman–Crippen MR) is 103 cm³/mol. The molecular formula is C19H23N3O4S. The van der Waals surface area contributed by atoms with E-state index in [9.17, 15) is 13.2 Å². The minimum absolute atomic E-state index is 0.0470. The van der Waals surface area contributed by atoms with Crippen molar-refractivity contribution in [2.75, 3.05) is 25.1 Å². The predicted octanol–water partition coefficient (Wildman–Crippen LogP) is 1.49. The first-order valence-electron chi connectivity index (χ1n) is 8.64. The Balaban J connectivity index is 1.57. The molecule has 7 nitrogen and oxygen atoms in total. The lowest BCUT2D eigenvalue weighted by Crippen LogP contribution is -2.24. The molecule has 0 radical (unpaired) electrons. The first-order chi connectivity index (χ1) is 12.9. The maximum atomic E-state index is 12.3. The zero-order valence-corrected chi connectivity index (χ0v) is 15.9. The molecule has 1 atom stereocenters. The molecule has 1 aliphatic rings. The maximum Gasteiger partial charge on any atom is 0.251 e. The van der Waals surface area contributed by atoms with Crippen LogP contribution in [-0.2, 0) is 21.3 Å². The first kappa shape index (κ1) is 19.3. The molecule has 8 heteroatoms. The number of hydrogen-bond acceptors (Lipinski definition) is 5. The number of hydrogen-bond donors (Lipinski definition) is 2. The molecule has 0 spiro atoms. The molecule has 3 rings (SSSR count). The van der Waals surface area contributed by atoms with Crippen LogP contribution in [0.4, 0.5) is 5.69 Å². The van der Waals surface area contributed by atoms with Gasteiger partial charge >= 0.3 is 0 Å². The van der Waals surface area contributed by atoms with Gasteiger partial charge in [0.1, 0.15) is 0 Å². The van der Waals surface area contributed by atoms with Crippen LogP contribution in [0.15, 0.2) is 53.4 Å². The van der Waals surface area contributed by atoms with Gasteiger partial charge in [-0.25, -0.2) is 13.6 Å². The average molecular weight is 389 g/mol. The summed E-state index contributed by atoms with van der Waals surface area (Å²) in [5.74, 6) is -0.187. The number of rotatable bonds is 6. The molecular weight excluding hydrogens is 366 g/mol. The monoisotopic (exact) mass is 389 g/mol. The fraction of sp³-hybridized carbons (Fsp3) is 0.316. The van der Waals surface area contributed by atoms with E-state index in [1.807, 2.05) is 12.1 Å². The van der Waals surface area contributed by atoms with Gasteiger partial charge in [-0.1, -0.05) is 12.1 Å². The number of nitrogens with zero attached hydrogens (tertiary/aromatic N) is 1. The summed E-state index contributed by atoms with van der Waals surface area (Å²) >= 11 is 0. The number of anilines is 1. The Bertz CT molecular complexity index is 896. The molecule has 27 heavy (non-hydrogen) atoms. The first-order valence-corrected chi connectivity index (χ1v) is 10.2. The number of nitrogens with one attached hydrogen (secondary N) is 1. The van der Waals surface area contributed by atoms with Gasteiger partial charge in [0, 0.05) is 38.0 Å². The largest absolute Gasteiger partial charge is 0.380 e. The van der Waals surface area contributed by atoms with Crippen LogP contribution in [0.3, 0.4) is 0 Å². The molecule has 0 aromatic heterocycles. The number of carbonyl (C=O) groups excluding carboxylic acids is 1. The van der Waals surface area contributed by atoms with Crippen molar-refractivity contribution in [1.82, 2.24) is 5.32 Å². The van der Waals surface area contributed by atoms with Crippen LogP contribution >= 0.6 is 0 Å². The second-order valence-corrected chi connectivity index (χ2v) is 8.07. The molecule has 3 N–H and O–H groups in total. The van der Waals surface area contributed by atoms with E-state index in [0.717, 1.165) is 30.8 Å². The highest BCUT2D eigenvalue weighted by Gasteiger charge is 2.22. The van der Waals surface area contributed by atoms with E-state index in [0.29, 0.717) is 12.1 Å². The van der Waals surface area contributed by atoms with Gasteiger partial charge in [-0.2, -0.15) is 0 Å². The lowest BCUT2D eigenvalue weighted by molar-refractivity contribution is 0.0951. The van der Waals surface area contributed by atoms with Crippen molar-refractivity contribution < 1.29 is 17.9 Å². The van der Waals surface area contributed by atoms with Gasteiger partial charge < -0.3 is 15.0 Å². The van der Waals surface area contributed by atoms with Crippen molar-refractivity contribution in [3.05, 3.63) is 59.7 Å². The summed E-state index contributed by atoms with van der Waals surface area (Å²) in [5, 5.41) is 7.90. The summed E-state index contributed by atoms with van der Waals surface area (Å²) < 4.78 is 27.9. The van der Waals surface area contributed by atoms with E-state index in [2.05, 4.69) is 10.2 Å². The Morgan fingerprint density at radius 2 is 1.85 bits per heavy atom. The molecule has 1 amide bonds. The van der Waals surface area contributed by atoms with E-state index in [4.69, 9.17) is 9.88 Å². The average Bonchev–Trinajstić information content (AvgIpc) is 3.15. The Morgan fingerprint density at radius 3 is 2.41 bits per heavy atom. The summed E-state index contributed by atoms with van der Waals surface area (Å²) in [7, 11) is -1.98. The Hall–Kier alpha value is -2.42. The Kier molecular flexibility index (Phi) is 5.79. The SMILES string of the molecule is CO[C@@H]1CCN(c2ccc(C(=O)NCc3ccc(S(N)(=O)=O)cc3)cc2)C1. The van der Waals surface area contributed by atoms with Crippen LogP contribution in [0.2, 0.25) is 0 Å². The third-order valence-electron chi connectivity index (χ3n) is 4.68. The van der Waals surface area contributed by atoms with Gasteiger partial charge in [0.15, 0.2) is 0 Å². The smallest absolute Gasteiger partial charge is 0.251 e. The third-order valence-corrected chi connectivity index (χ3v) is 5.61. The van der Waals surface area contributed by atoms with Crippen molar-refractivity contribution in [1.29, 1.82) is 0 Å². The van der Waals surface area contributed by atoms with E-state index >= 15 is 0 Å². The minimum atomic E-state index is -3.71. The molecule has 1 fully saturated rings. The summed E-state index contributed by atoms with van der Waals surface area (Å²) in [5.41, 5.74) is 2.43. The molecule has 0 saturated carbocycles. The van der Waals surface area contributed by atoms with E-state index in [1.165, 1.54) is 12.1 Å². The lowest BCUT2D eigenvalue weighted by atomic mass is 10.1. The van der Waals surface area contributed by atoms with Gasteiger partial charge in [-0.3, -0.25) is 4.79 Å². The number of benzene rings is 2. The van der Waals surface area contributed by atoms with E-state index < -0.39 is 10.0 Å². The number of amides is 1. The van der Waals surface area contributed by atoms with Crippen molar-refractivity contribution in [3.63, 3.8) is 0 Å². The molecule has 2 aromatic carbocycles. The summed E-state index contributed by atoms with van der Waals surface area (Å²) in [6, 6.07) is 13.6. The van der Waals surface area contributed by atoms with Gasteiger partial charge in [0.25, 0.3) is 5.91 Å². The normalized spacial score (nSPS) is 17.1. The van der Waals surface area contributed by atoms with Crippen molar-refractivity contribution in [2.45, 2.75) is 24.0 Å². The molecule has 144 valence electrons. The van der Waals surface area contributed by atoms with Crippen LogP contribution in [0.5, 0.6) is 0 Å². The number of ether oxygens (including phenoxy) is 1. The van der Waals surface area contributed by atoms with Crippen molar-refractivity contribution in [3.8, 4) is 0 Å². The number of carbonyl (C=O) groups is 1. The van der Waals surface area contributed by atoms with E-state index in [1.54, 1.807) is 31.4 Å². The summed E-state index contributed by atoms with van der Waals surface area (Å²) in [4.78, 5) is 14.6. The van der Waals surface area contributed by atoms with Crippen LogP contribution in [0, 0.1) is 0 Å². The van der Waals surface area contributed by atoms with Crippen LogP contribution in [0.1, 0.15) is 22.3 Å². The number of nitrogens with two attached hydrogens (primary N) is 1. The number of sulfonamides is 1. The highest BCUT2D eigenvalue weighted by molar-refractivity contribution is 7.89. The minimum Gasteiger partial charge on any atom is -0.380 e. The Morgan fingerprint density at radius 1 is 1.19 bits per heavy atom. The van der Waals surface area contributed by atoms with Crippen molar-refractivity contribution >= 4 is 21.6 Å². The fourth-order valence-corrected chi connectivity index (χ4v) is 3.58. The van der Waals surface area contributed by atoms with Crippen molar-refractivity contribution in [2.24, 2.45) is 5.14 Å². The fourth-order valence-electron chi connectivity index (χ4n) is 3.06. The van der Waals surface area contributed by atoms with Gasteiger partial charge in [-0.05, 0) is 48.4 Å². The molecule has 1 heterocycles. The second-order valence-electron chi connectivity index (χ2n) is 6.51. The summed E-state index contributed by atoms with van der Waals surface area (Å²) in [6.07, 6.45) is 1.26. The van der Waals surface area contributed by atoms with Crippen LogP contribution < -0.4 is 15.4 Å². The Labute approximate surface area is 159 Å². The van der Waals surface area contributed by atoms with E-state index in [-0.39, 0.29) is 16.9 Å². The van der Waals surface area contributed by atoms with Gasteiger partial charge in [-0.15, -0.1) is 0 Å². The highest BCUT2D eigenvalue weighted by atomic mass is 32.2. The number of primary sulfonamides is 1. The third kappa shape index (κ3) is 4.85.